The van der Waals surface area contributed by atoms with E-state index >= 15 is 0 Å². The highest BCUT2D eigenvalue weighted by Crippen LogP contribution is 2.19. The van der Waals surface area contributed by atoms with Crippen LogP contribution >= 0.6 is 0 Å². The Labute approximate surface area is 171 Å². The maximum absolute atomic E-state index is 12.2. The number of carbonyl (C=O) groups is 2. The van der Waals surface area contributed by atoms with Gasteiger partial charge in [-0.15, -0.1) is 0 Å². The van der Waals surface area contributed by atoms with Crippen LogP contribution in [-0.2, 0) is 4.79 Å². The number of likely N-dealkylation sites (N-methyl/N-ethyl adjacent to an activating group) is 1. The van der Waals surface area contributed by atoms with Crippen LogP contribution < -0.4 is 20.3 Å². The standard InChI is InChI=1S/C22H28N4O3/c1-25-13-15-26(16-14-25)18-9-7-17(8-10-18)24-21(27)11-12-23-22(28)19-5-3-4-6-20(19)29-2/h3-10H,11-16H2,1-2H3,(H,23,28)(H,24,27). The smallest absolute Gasteiger partial charge is 0.255 e. The first kappa shape index (κ1) is 20.7. The van der Waals surface area contributed by atoms with Crippen LogP contribution in [0.5, 0.6) is 5.75 Å². The summed E-state index contributed by atoms with van der Waals surface area (Å²) in [6.07, 6.45) is 0.196. The van der Waals surface area contributed by atoms with Gasteiger partial charge in [0, 0.05) is 50.5 Å². The number of rotatable bonds is 7. The highest BCUT2D eigenvalue weighted by molar-refractivity contribution is 5.97. The van der Waals surface area contributed by atoms with Gasteiger partial charge in [0.25, 0.3) is 5.91 Å². The number of nitrogens with one attached hydrogen (secondary N) is 2. The monoisotopic (exact) mass is 396 g/mol. The van der Waals surface area contributed by atoms with E-state index in [-0.39, 0.29) is 24.8 Å². The summed E-state index contributed by atoms with van der Waals surface area (Å²) < 4.78 is 5.19. The van der Waals surface area contributed by atoms with Gasteiger partial charge in [-0.3, -0.25) is 9.59 Å². The Balaban J connectivity index is 1.44. The van der Waals surface area contributed by atoms with Gasteiger partial charge in [0.05, 0.1) is 12.7 Å². The third kappa shape index (κ3) is 5.71. The van der Waals surface area contributed by atoms with Crippen LogP contribution in [0.1, 0.15) is 16.8 Å². The normalized spacial score (nSPS) is 14.3. The van der Waals surface area contributed by atoms with Crippen molar-refractivity contribution in [2.24, 2.45) is 0 Å². The average molecular weight is 396 g/mol. The molecule has 1 aliphatic heterocycles. The molecular weight excluding hydrogens is 368 g/mol. The Bertz CT molecular complexity index is 830. The van der Waals surface area contributed by atoms with E-state index in [2.05, 4.69) is 27.5 Å². The zero-order valence-corrected chi connectivity index (χ0v) is 17.0. The second kappa shape index (κ2) is 9.93. The summed E-state index contributed by atoms with van der Waals surface area (Å²) in [5.74, 6) is 0.111. The van der Waals surface area contributed by atoms with Crippen LogP contribution in [0.15, 0.2) is 48.5 Å². The number of carbonyl (C=O) groups excluding carboxylic acids is 2. The molecule has 1 fully saturated rings. The lowest BCUT2D eigenvalue weighted by molar-refractivity contribution is -0.116. The van der Waals surface area contributed by atoms with Crippen LogP contribution in [0.2, 0.25) is 0 Å². The Kier molecular flexibility index (Phi) is 7.08. The van der Waals surface area contributed by atoms with Crippen LogP contribution in [0.3, 0.4) is 0 Å². The minimum absolute atomic E-state index is 0.141. The number of hydrogen-bond donors (Lipinski definition) is 2. The van der Waals surface area contributed by atoms with Gasteiger partial charge < -0.3 is 25.2 Å². The van der Waals surface area contributed by atoms with Gasteiger partial charge in [-0.1, -0.05) is 12.1 Å². The van der Waals surface area contributed by atoms with Crippen molar-refractivity contribution in [2.75, 3.05) is 57.1 Å². The predicted molar refractivity (Wildman–Crippen MR) is 115 cm³/mol. The molecule has 0 saturated carbocycles. The highest BCUT2D eigenvalue weighted by atomic mass is 16.5. The van der Waals surface area contributed by atoms with E-state index in [4.69, 9.17) is 4.74 Å². The third-order valence-corrected chi connectivity index (χ3v) is 5.01. The molecule has 29 heavy (non-hydrogen) atoms. The van der Waals surface area contributed by atoms with Crippen molar-refractivity contribution < 1.29 is 14.3 Å². The quantitative estimate of drug-likeness (QED) is 0.751. The van der Waals surface area contributed by atoms with Crippen LogP contribution in [0, 0.1) is 0 Å². The molecule has 0 bridgehead atoms. The van der Waals surface area contributed by atoms with Crippen molar-refractivity contribution in [3.8, 4) is 5.75 Å². The van der Waals surface area contributed by atoms with E-state index in [1.165, 1.54) is 12.8 Å². The maximum atomic E-state index is 12.2. The van der Waals surface area contributed by atoms with Crippen molar-refractivity contribution >= 4 is 23.2 Å². The highest BCUT2D eigenvalue weighted by Gasteiger charge is 2.14. The Morgan fingerprint density at radius 2 is 1.69 bits per heavy atom. The summed E-state index contributed by atoms with van der Waals surface area (Å²) in [5.41, 5.74) is 2.37. The van der Waals surface area contributed by atoms with E-state index in [0.717, 1.165) is 31.9 Å². The molecule has 0 atom stereocenters. The van der Waals surface area contributed by atoms with Crippen molar-refractivity contribution in [3.05, 3.63) is 54.1 Å². The maximum Gasteiger partial charge on any atom is 0.255 e. The number of piperazine rings is 1. The fraction of sp³-hybridized carbons (Fsp3) is 0.364. The van der Waals surface area contributed by atoms with Crippen LogP contribution in [0.25, 0.3) is 0 Å². The van der Waals surface area contributed by atoms with E-state index in [1.807, 2.05) is 24.3 Å². The molecule has 2 aromatic carbocycles. The zero-order valence-electron chi connectivity index (χ0n) is 17.0. The predicted octanol–water partition coefficient (Wildman–Crippen LogP) is 2.21. The average Bonchev–Trinajstić information content (AvgIpc) is 2.75. The molecule has 2 aromatic rings. The Hall–Kier alpha value is -3.06. The summed E-state index contributed by atoms with van der Waals surface area (Å²) in [6.45, 7) is 4.38. The van der Waals surface area contributed by atoms with Gasteiger partial charge in [-0.25, -0.2) is 0 Å². The summed E-state index contributed by atoms with van der Waals surface area (Å²) in [5, 5.41) is 5.63. The summed E-state index contributed by atoms with van der Waals surface area (Å²) in [6, 6.07) is 14.9. The molecular formula is C22H28N4O3. The molecule has 0 spiro atoms. The number of para-hydroxylation sites is 1. The van der Waals surface area contributed by atoms with E-state index < -0.39 is 0 Å². The van der Waals surface area contributed by atoms with Crippen LogP contribution in [-0.4, -0.2) is 63.6 Å². The minimum atomic E-state index is -0.258. The number of benzene rings is 2. The molecule has 1 heterocycles. The lowest BCUT2D eigenvalue weighted by Crippen LogP contribution is -2.44. The minimum Gasteiger partial charge on any atom is -0.496 e. The SMILES string of the molecule is COc1ccccc1C(=O)NCCC(=O)Nc1ccc(N2CCN(C)CC2)cc1. The van der Waals surface area contributed by atoms with E-state index in [0.29, 0.717) is 11.3 Å². The summed E-state index contributed by atoms with van der Waals surface area (Å²) in [7, 11) is 3.66. The number of anilines is 2. The molecule has 1 saturated heterocycles. The van der Waals surface area contributed by atoms with Crippen molar-refractivity contribution in [2.45, 2.75) is 6.42 Å². The molecule has 0 radical (unpaired) electrons. The molecule has 0 aliphatic carbocycles. The second-order valence-corrected chi connectivity index (χ2v) is 7.09. The number of nitrogens with zero attached hydrogens (tertiary/aromatic N) is 2. The van der Waals surface area contributed by atoms with E-state index in [9.17, 15) is 9.59 Å². The van der Waals surface area contributed by atoms with Crippen molar-refractivity contribution in [1.82, 2.24) is 10.2 Å². The van der Waals surface area contributed by atoms with Crippen LogP contribution in [0.4, 0.5) is 11.4 Å². The van der Waals surface area contributed by atoms with Gasteiger partial charge in [0.1, 0.15) is 5.75 Å². The number of methoxy groups -OCH3 is 1. The topological polar surface area (TPSA) is 73.9 Å². The van der Waals surface area contributed by atoms with Gasteiger partial charge in [0.15, 0.2) is 0 Å². The molecule has 2 amide bonds. The first-order valence-corrected chi connectivity index (χ1v) is 9.81. The number of ether oxygens (including phenoxy) is 1. The lowest BCUT2D eigenvalue weighted by atomic mass is 10.2. The molecule has 7 heteroatoms. The Morgan fingerprint density at radius 1 is 1.00 bits per heavy atom. The molecule has 7 nitrogen and oxygen atoms in total. The first-order valence-electron chi connectivity index (χ1n) is 9.81. The molecule has 0 unspecified atom stereocenters. The molecule has 3 rings (SSSR count). The largest absolute Gasteiger partial charge is 0.496 e. The lowest BCUT2D eigenvalue weighted by Gasteiger charge is -2.34. The number of hydrogen-bond acceptors (Lipinski definition) is 5. The molecule has 1 aliphatic rings. The molecule has 2 N–H and O–H groups in total. The van der Waals surface area contributed by atoms with Gasteiger partial charge in [-0.05, 0) is 43.4 Å². The van der Waals surface area contributed by atoms with Crippen molar-refractivity contribution in [3.63, 3.8) is 0 Å². The zero-order chi connectivity index (χ0) is 20.6. The molecule has 0 aromatic heterocycles. The second-order valence-electron chi connectivity index (χ2n) is 7.09. The van der Waals surface area contributed by atoms with Gasteiger partial charge in [0.2, 0.25) is 5.91 Å². The van der Waals surface area contributed by atoms with Gasteiger partial charge >= 0.3 is 0 Å². The molecule has 154 valence electrons. The van der Waals surface area contributed by atoms with Gasteiger partial charge in [-0.2, -0.15) is 0 Å². The fourth-order valence-corrected chi connectivity index (χ4v) is 3.26. The van der Waals surface area contributed by atoms with Crippen molar-refractivity contribution in [1.29, 1.82) is 0 Å². The Morgan fingerprint density at radius 3 is 2.38 bits per heavy atom. The van der Waals surface area contributed by atoms with E-state index in [1.54, 1.807) is 24.3 Å². The fourth-order valence-electron chi connectivity index (χ4n) is 3.26. The third-order valence-electron chi connectivity index (χ3n) is 5.01. The summed E-state index contributed by atoms with van der Waals surface area (Å²) >= 11 is 0. The number of amides is 2. The first-order chi connectivity index (χ1) is 14.1. The summed E-state index contributed by atoms with van der Waals surface area (Å²) in [4.78, 5) is 29.1.